The van der Waals surface area contributed by atoms with Crippen LogP contribution in [0.25, 0.3) is 0 Å². The first-order valence-corrected chi connectivity index (χ1v) is 9.50. The van der Waals surface area contributed by atoms with Crippen molar-refractivity contribution < 1.29 is 13.2 Å². The Balaban J connectivity index is 2.13. The topological polar surface area (TPSA) is 84.3 Å². The van der Waals surface area contributed by atoms with E-state index >= 15 is 0 Å². The summed E-state index contributed by atoms with van der Waals surface area (Å²) in [6.07, 6.45) is 5.17. The van der Waals surface area contributed by atoms with Crippen LogP contribution in [0.5, 0.6) is 0 Å². The second-order valence-electron chi connectivity index (χ2n) is 6.28. The molecule has 0 spiro atoms. The van der Waals surface area contributed by atoms with Crippen LogP contribution in [-0.4, -0.2) is 47.3 Å². The highest BCUT2D eigenvalue weighted by Gasteiger charge is 2.24. The van der Waals surface area contributed by atoms with Gasteiger partial charge in [-0.1, -0.05) is 6.07 Å². The maximum atomic E-state index is 12.6. The molecular formula is C17H24N4O3S. The predicted molar refractivity (Wildman–Crippen MR) is 95.7 cm³/mol. The number of hydrogen-bond acceptors (Lipinski definition) is 4. The first-order valence-electron chi connectivity index (χ1n) is 8.06. The minimum absolute atomic E-state index is 0.110. The second kappa shape index (κ2) is 7.79. The number of benzene rings is 1. The average Bonchev–Trinajstić information content (AvgIpc) is 3.06. The van der Waals surface area contributed by atoms with Crippen LogP contribution >= 0.6 is 0 Å². The molecule has 1 heterocycles. The van der Waals surface area contributed by atoms with E-state index in [1.165, 1.54) is 23.5 Å². The monoisotopic (exact) mass is 364 g/mol. The molecule has 0 saturated heterocycles. The van der Waals surface area contributed by atoms with Crippen molar-refractivity contribution in [2.24, 2.45) is 0 Å². The van der Waals surface area contributed by atoms with Crippen molar-refractivity contribution in [3.05, 3.63) is 48.5 Å². The fourth-order valence-corrected chi connectivity index (χ4v) is 3.72. The van der Waals surface area contributed by atoms with Gasteiger partial charge in [-0.15, -0.1) is 0 Å². The molecular weight excluding hydrogens is 340 g/mol. The summed E-state index contributed by atoms with van der Waals surface area (Å²) in [7, 11) is -2.10. The van der Waals surface area contributed by atoms with Gasteiger partial charge in [0, 0.05) is 43.6 Å². The van der Waals surface area contributed by atoms with Crippen molar-refractivity contribution in [3.63, 3.8) is 0 Å². The normalized spacial score (nSPS) is 13.2. The number of nitrogens with zero attached hydrogens (tertiary/aromatic N) is 3. The Morgan fingerprint density at radius 3 is 2.64 bits per heavy atom. The summed E-state index contributed by atoms with van der Waals surface area (Å²) in [6.45, 7) is 6.06. The number of amides is 1. The highest BCUT2D eigenvalue weighted by Crippen LogP contribution is 2.18. The number of aromatic nitrogens is 2. The Morgan fingerprint density at radius 2 is 2.04 bits per heavy atom. The smallest absolute Gasteiger partial charge is 0.251 e. The molecule has 2 aromatic rings. The summed E-state index contributed by atoms with van der Waals surface area (Å²) in [6, 6.07) is 5.80. The number of nitrogens with one attached hydrogen (secondary N) is 1. The Hall–Kier alpha value is -2.19. The van der Waals surface area contributed by atoms with E-state index in [0.717, 1.165) is 0 Å². The van der Waals surface area contributed by atoms with Gasteiger partial charge in [-0.3, -0.25) is 4.79 Å². The van der Waals surface area contributed by atoms with E-state index in [2.05, 4.69) is 10.3 Å². The van der Waals surface area contributed by atoms with Gasteiger partial charge in [-0.05, 0) is 39.0 Å². The molecule has 0 aliphatic heterocycles. The zero-order chi connectivity index (χ0) is 18.6. The molecule has 1 N–H and O–H groups in total. The molecule has 136 valence electrons. The zero-order valence-electron chi connectivity index (χ0n) is 14.9. The predicted octanol–water partition coefficient (Wildman–Crippen LogP) is 1.73. The molecule has 1 atom stereocenters. The van der Waals surface area contributed by atoms with Gasteiger partial charge in [0.1, 0.15) is 0 Å². The van der Waals surface area contributed by atoms with E-state index in [0.29, 0.717) is 12.1 Å². The summed E-state index contributed by atoms with van der Waals surface area (Å²) < 4.78 is 28.3. The molecule has 0 aliphatic rings. The maximum Gasteiger partial charge on any atom is 0.251 e. The molecule has 0 fully saturated rings. The van der Waals surface area contributed by atoms with E-state index in [-0.39, 0.29) is 22.9 Å². The molecule has 2 rings (SSSR count). The lowest BCUT2D eigenvalue weighted by molar-refractivity contribution is 0.0936. The lowest BCUT2D eigenvalue weighted by Gasteiger charge is -2.21. The Labute approximate surface area is 148 Å². The summed E-state index contributed by atoms with van der Waals surface area (Å²) >= 11 is 0. The molecule has 1 amide bonds. The van der Waals surface area contributed by atoms with Crippen molar-refractivity contribution in [3.8, 4) is 0 Å². The highest BCUT2D eigenvalue weighted by atomic mass is 32.2. The van der Waals surface area contributed by atoms with Crippen LogP contribution in [-0.2, 0) is 16.6 Å². The van der Waals surface area contributed by atoms with Gasteiger partial charge < -0.3 is 9.88 Å². The van der Waals surface area contributed by atoms with Gasteiger partial charge in [0.25, 0.3) is 5.91 Å². The van der Waals surface area contributed by atoms with Crippen molar-refractivity contribution in [1.29, 1.82) is 0 Å². The molecule has 7 nitrogen and oxygen atoms in total. The van der Waals surface area contributed by atoms with Crippen LogP contribution in [0.4, 0.5) is 0 Å². The molecule has 25 heavy (non-hydrogen) atoms. The van der Waals surface area contributed by atoms with Crippen LogP contribution in [0.2, 0.25) is 0 Å². The van der Waals surface area contributed by atoms with E-state index in [1.807, 2.05) is 17.7 Å². The highest BCUT2D eigenvalue weighted by molar-refractivity contribution is 7.89. The molecule has 8 heteroatoms. The maximum absolute atomic E-state index is 12.6. The fraction of sp³-hybridized carbons (Fsp3) is 0.412. The van der Waals surface area contributed by atoms with Crippen LogP contribution < -0.4 is 5.32 Å². The van der Waals surface area contributed by atoms with Crippen molar-refractivity contribution in [2.75, 3.05) is 7.05 Å². The molecule has 1 aromatic carbocycles. The molecule has 0 radical (unpaired) electrons. The van der Waals surface area contributed by atoms with E-state index < -0.39 is 10.0 Å². The van der Waals surface area contributed by atoms with Crippen LogP contribution in [0.15, 0.2) is 47.9 Å². The minimum Gasteiger partial charge on any atom is -0.348 e. The van der Waals surface area contributed by atoms with Crippen LogP contribution in [0.1, 0.15) is 31.1 Å². The van der Waals surface area contributed by atoms with Gasteiger partial charge in [-0.25, -0.2) is 13.4 Å². The fourth-order valence-electron chi connectivity index (χ4n) is 2.31. The largest absolute Gasteiger partial charge is 0.348 e. The van der Waals surface area contributed by atoms with Crippen LogP contribution in [0.3, 0.4) is 0 Å². The molecule has 0 bridgehead atoms. The SMILES string of the molecule is CC(Cn1ccnc1)NC(=O)c1cccc(S(=O)(=O)N(C)C(C)C)c1. The quantitative estimate of drug-likeness (QED) is 0.811. The minimum atomic E-state index is -3.62. The number of imidazole rings is 1. The third-order valence-corrected chi connectivity index (χ3v) is 5.95. The van der Waals surface area contributed by atoms with Crippen molar-refractivity contribution in [2.45, 2.75) is 44.3 Å². The number of carbonyl (C=O) groups is 1. The second-order valence-corrected chi connectivity index (χ2v) is 8.27. The molecule has 0 saturated carbocycles. The Morgan fingerprint density at radius 1 is 1.32 bits per heavy atom. The summed E-state index contributed by atoms with van der Waals surface area (Å²) in [5.41, 5.74) is 0.315. The van der Waals surface area contributed by atoms with Gasteiger partial charge in [-0.2, -0.15) is 4.31 Å². The molecule has 0 aliphatic carbocycles. The average molecular weight is 364 g/mol. The number of rotatable bonds is 7. The third-order valence-electron chi connectivity index (χ3n) is 3.92. The van der Waals surface area contributed by atoms with Gasteiger partial charge in [0.05, 0.1) is 11.2 Å². The Kier molecular flexibility index (Phi) is 5.97. The first kappa shape index (κ1) is 19.1. The summed E-state index contributed by atoms with van der Waals surface area (Å²) in [5, 5.41) is 2.87. The lowest BCUT2D eigenvalue weighted by atomic mass is 10.2. The first-order chi connectivity index (χ1) is 11.7. The van der Waals surface area contributed by atoms with Gasteiger partial charge in [0.2, 0.25) is 10.0 Å². The third kappa shape index (κ3) is 4.67. The van der Waals surface area contributed by atoms with Gasteiger partial charge in [0.15, 0.2) is 0 Å². The van der Waals surface area contributed by atoms with Crippen LogP contribution in [0, 0.1) is 0 Å². The lowest BCUT2D eigenvalue weighted by Crippen LogP contribution is -2.36. The molecule has 1 aromatic heterocycles. The van der Waals surface area contributed by atoms with Gasteiger partial charge >= 0.3 is 0 Å². The zero-order valence-corrected chi connectivity index (χ0v) is 15.7. The van der Waals surface area contributed by atoms with E-state index in [1.54, 1.807) is 38.5 Å². The van der Waals surface area contributed by atoms with Crippen molar-refractivity contribution in [1.82, 2.24) is 19.2 Å². The van der Waals surface area contributed by atoms with Crippen molar-refractivity contribution >= 4 is 15.9 Å². The number of sulfonamides is 1. The van der Waals surface area contributed by atoms with E-state index in [9.17, 15) is 13.2 Å². The number of hydrogen-bond donors (Lipinski definition) is 1. The summed E-state index contributed by atoms with van der Waals surface area (Å²) in [4.78, 5) is 16.5. The standard InChI is InChI=1S/C17H24N4O3S/c1-13(2)20(4)25(23,24)16-7-5-6-15(10-16)17(22)19-14(3)11-21-9-8-18-12-21/h5-10,12-14H,11H2,1-4H3,(H,19,22). The summed E-state index contributed by atoms with van der Waals surface area (Å²) in [5.74, 6) is -0.308. The molecule has 1 unspecified atom stereocenters. The Bertz CT molecular complexity index is 816. The number of carbonyl (C=O) groups excluding carboxylic acids is 1. The van der Waals surface area contributed by atoms with E-state index in [4.69, 9.17) is 0 Å².